The van der Waals surface area contributed by atoms with Crippen LogP contribution in [0.15, 0.2) is 48.9 Å². The minimum Gasteiger partial charge on any atom is -0.337 e. The first kappa shape index (κ1) is 19.2. The first-order valence-corrected chi connectivity index (χ1v) is 9.72. The summed E-state index contributed by atoms with van der Waals surface area (Å²) in [6.07, 6.45) is 4.53. The van der Waals surface area contributed by atoms with Gasteiger partial charge < -0.3 is 16.4 Å². The van der Waals surface area contributed by atoms with Gasteiger partial charge in [0, 0.05) is 12.1 Å². The van der Waals surface area contributed by atoms with Gasteiger partial charge in [0.15, 0.2) is 5.82 Å². The molecule has 0 aliphatic carbocycles. The van der Waals surface area contributed by atoms with Gasteiger partial charge in [0.1, 0.15) is 5.52 Å². The Kier molecular flexibility index (Phi) is 5.33. The lowest BCUT2D eigenvalue weighted by Crippen LogP contribution is -2.13. The summed E-state index contributed by atoms with van der Waals surface area (Å²) in [6, 6.07) is 11.3. The molecule has 0 saturated heterocycles. The van der Waals surface area contributed by atoms with Crippen molar-refractivity contribution in [3.8, 4) is 0 Å². The van der Waals surface area contributed by atoms with E-state index >= 15 is 0 Å². The third kappa shape index (κ3) is 3.87. The highest BCUT2D eigenvalue weighted by molar-refractivity contribution is 6.33. The molecule has 7 nitrogen and oxygen atoms in total. The van der Waals surface area contributed by atoms with Crippen molar-refractivity contribution in [1.82, 2.24) is 14.4 Å². The number of rotatable bonds is 6. The molecule has 0 bridgehead atoms. The van der Waals surface area contributed by atoms with Crippen LogP contribution in [0, 0.1) is 6.92 Å². The molecule has 8 heteroatoms. The second-order valence-corrected chi connectivity index (χ2v) is 7.22. The van der Waals surface area contributed by atoms with Crippen molar-refractivity contribution in [2.45, 2.75) is 19.8 Å². The van der Waals surface area contributed by atoms with E-state index < -0.39 is 0 Å². The Labute approximate surface area is 172 Å². The van der Waals surface area contributed by atoms with E-state index in [0.29, 0.717) is 35.9 Å². The van der Waals surface area contributed by atoms with E-state index in [0.717, 1.165) is 27.8 Å². The van der Waals surface area contributed by atoms with E-state index in [1.807, 2.05) is 47.7 Å². The van der Waals surface area contributed by atoms with Crippen molar-refractivity contribution in [1.29, 1.82) is 0 Å². The van der Waals surface area contributed by atoms with Gasteiger partial charge in [-0.15, -0.1) is 0 Å². The molecule has 0 aliphatic rings. The van der Waals surface area contributed by atoms with E-state index in [1.165, 1.54) is 0 Å². The lowest BCUT2D eigenvalue weighted by molar-refractivity contribution is -0.116. The topological polar surface area (TPSA) is 97.3 Å². The number of fused-ring (bicyclic) bond motifs is 3. The van der Waals surface area contributed by atoms with Gasteiger partial charge in [-0.1, -0.05) is 23.7 Å². The summed E-state index contributed by atoms with van der Waals surface area (Å²) < 4.78 is 1.96. The van der Waals surface area contributed by atoms with Gasteiger partial charge in [-0.05, 0) is 49.7 Å². The van der Waals surface area contributed by atoms with Crippen molar-refractivity contribution in [2.75, 3.05) is 17.2 Å². The number of carbonyl (C=O) groups is 1. The molecule has 2 heterocycles. The lowest BCUT2D eigenvalue weighted by atomic mass is 10.2. The maximum atomic E-state index is 12.0. The average Bonchev–Trinajstić information content (AvgIpc) is 3.19. The maximum absolute atomic E-state index is 12.0. The smallest absolute Gasteiger partial charge is 0.224 e. The van der Waals surface area contributed by atoms with Gasteiger partial charge in [0.2, 0.25) is 5.91 Å². The van der Waals surface area contributed by atoms with Crippen LogP contribution in [0.5, 0.6) is 0 Å². The zero-order chi connectivity index (χ0) is 20.4. The van der Waals surface area contributed by atoms with E-state index in [2.05, 4.69) is 15.6 Å². The number of aryl methyl sites for hydroxylation is 1. The first-order chi connectivity index (χ1) is 14.1. The number of nitrogens with zero attached hydrogens (tertiary/aromatic N) is 3. The lowest BCUT2D eigenvalue weighted by Gasteiger charge is -2.14. The Bertz CT molecular complexity index is 1180. The van der Waals surface area contributed by atoms with Crippen LogP contribution in [-0.2, 0) is 4.79 Å². The fraction of sp³-hybridized carbons (Fsp3) is 0.190. The molecule has 1 amide bonds. The largest absolute Gasteiger partial charge is 0.337 e. The highest BCUT2D eigenvalue weighted by Gasteiger charge is 2.13. The van der Waals surface area contributed by atoms with E-state index in [9.17, 15) is 4.79 Å². The first-order valence-electron chi connectivity index (χ1n) is 9.34. The van der Waals surface area contributed by atoms with Gasteiger partial charge in [-0.3, -0.25) is 9.20 Å². The van der Waals surface area contributed by atoms with Crippen LogP contribution < -0.4 is 16.4 Å². The number of hydrogen-bond donors (Lipinski definition) is 3. The summed E-state index contributed by atoms with van der Waals surface area (Å²) in [5, 5.41) is 6.86. The number of nitrogens with two attached hydrogens (primary N) is 1. The highest BCUT2D eigenvalue weighted by atomic mass is 35.5. The number of nitrogens with one attached hydrogen (secondary N) is 2. The van der Waals surface area contributed by atoms with Crippen LogP contribution in [0.4, 0.5) is 17.2 Å². The van der Waals surface area contributed by atoms with Crippen molar-refractivity contribution in [3.05, 3.63) is 59.5 Å². The third-order valence-electron chi connectivity index (χ3n) is 4.71. The molecule has 0 aliphatic heterocycles. The summed E-state index contributed by atoms with van der Waals surface area (Å²) in [7, 11) is 0. The summed E-state index contributed by atoms with van der Waals surface area (Å²) in [4.78, 5) is 21.1. The molecule has 29 heavy (non-hydrogen) atoms. The number of amides is 1. The van der Waals surface area contributed by atoms with Crippen LogP contribution in [-0.4, -0.2) is 26.8 Å². The van der Waals surface area contributed by atoms with Gasteiger partial charge in [0.25, 0.3) is 0 Å². The number of hydrogen-bond acceptors (Lipinski definition) is 5. The monoisotopic (exact) mass is 408 g/mol. The summed E-state index contributed by atoms with van der Waals surface area (Å²) in [5.74, 6) is 0.571. The Morgan fingerprint density at radius 1 is 1.24 bits per heavy atom. The molecule has 2 aromatic heterocycles. The van der Waals surface area contributed by atoms with E-state index in [1.54, 1.807) is 12.5 Å². The molecule has 4 aromatic rings. The molecule has 0 fully saturated rings. The summed E-state index contributed by atoms with van der Waals surface area (Å²) in [5.41, 5.74) is 10.4. The van der Waals surface area contributed by atoms with Crippen LogP contribution in [0.1, 0.15) is 18.4 Å². The normalized spacial score (nSPS) is 11.1. The summed E-state index contributed by atoms with van der Waals surface area (Å²) >= 11 is 6.38. The molecule has 4 N–H and O–H groups in total. The minimum atomic E-state index is -0.0662. The van der Waals surface area contributed by atoms with Gasteiger partial charge in [-0.2, -0.15) is 0 Å². The fourth-order valence-electron chi connectivity index (χ4n) is 3.22. The molecule has 0 radical (unpaired) electrons. The fourth-order valence-corrected chi connectivity index (χ4v) is 3.49. The zero-order valence-corrected chi connectivity index (χ0v) is 16.7. The van der Waals surface area contributed by atoms with Crippen molar-refractivity contribution < 1.29 is 4.79 Å². The molecule has 0 saturated carbocycles. The molecule has 0 atom stereocenters. The van der Waals surface area contributed by atoms with Crippen molar-refractivity contribution in [2.24, 2.45) is 5.73 Å². The molecule has 148 valence electrons. The standard InChI is InChI=1S/C21H21ClN6O/c1-13-4-2-5-15(22)20(13)27-21-18-11-24-12-28(18)17-8-7-14(10-16(17)26-21)25-19(29)6-3-9-23/h2,4-5,7-8,10-12H,3,6,9,23H2,1H3,(H,25,29)(H,26,27). The molecule has 2 aromatic carbocycles. The number of imidazole rings is 1. The predicted octanol–water partition coefficient (Wildman–Crippen LogP) is 4.27. The molecular weight excluding hydrogens is 388 g/mol. The minimum absolute atomic E-state index is 0.0662. The number of para-hydroxylation sites is 1. The van der Waals surface area contributed by atoms with Crippen LogP contribution in [0.3, 0.4) is 0 Å². The second kappa shape index (κ2) is 8.06. The van der Waals surface area contributed by atoms with E-state index in [4.69, 9.17) is 22.3 Å². The van der Waals surface area contributed by atoms with E-state index in [-0.39, 0.29) is 5.91 Å². The van der Waals surface area contributed by atoms with Crippen LogP contribution in [0.25, 0.3) is 16.6 Å². The Morgan fingerprint density at radius 2 is 2.10 bits per heavy atom. The van der Waals surface area contributed by atoms with Gasteiger partial charge >= 0.3 is 0 Å². The Balaban J connectivity index is 1.76. The number of halogens is 1. The quantitative estimate of drug-likeness (QED) is 0.442. The van der Waals surface area contributed by atoms with Crippen LogP contribution in [0.2, 0.25) is 5.02 Å². The zero-order valence-electron chi connectivity index (χ0n) is 15.9. The number of carbonyl (C=O) groups excluding carboxylic acids is 1. The van der Waals surface area contributed by atoms with Crippen molar-refractivity contribution >= 4 is 51.3 Å². The third-order valence-corrected chi connectivity index (χ3v) is 5.02. The van der Waals surface area contributed by atoms with Crippen LogP contribution >= 0.6 is 11.6 Å². The second-order valence-electron chi connectivity index (χ2n) is 6.81. The number of anilines is 3. The molecule has 0 spiro atoms. The highest BCUT2D eigenvalue weighted by Crippen LogP contribution is 2.31. The number of aromatic nitrogens is 3. The average molecular weight is 409 g/mol. The molecule has 4 rings (SSSR count). The maximum Gasteiger partial charge on any atom is 0.224 e. The van der Waals surface area contributed by atoms with Gasteiger partial charge in [0.05, 0.1) is 34.3 Å². The number of benzene rings is 2. The van der Waals surface area contributed by atoms with Gasteiger partial charge in [-0.25, -0.2) is 9.97 Å². The SMILES string of the molecule is Cc1cccc(Cl)c1Nc1nc2cc(NC(=O)CCCN)ccc2n2cncc12. The molecular formula is C21H21ClN6O. The Morgan fingerprint density at radius 3 is 2.90 bits per heavy atom. The summed E-state index contributed by atoms with van der Waals surface area (Å²) in [6.45, 7) is 2.47. The van der Waals surface area contributed by atoms with Crippen molar-refractivity contribution in [3.63, 3.8) is 0 Å². The molecule has 0 unspecified atom stereocenters. The Hall–Kier alpha value is -3.16. The predicted molar refractivity (Wildman–Crippen MR) is 117 cm³/mol.